The lowest BCUT2D eigenvalue weighted by Gasteiger charge is -2.19. The Balaban J connectivity index is 1.26. The summed E-state index contributed by atoms with van der Waals surface area (Å²) in [6.07, 6.45) is 0. The molecule has 0 unspecified atom stereocenters. The van der Waals surface area contributed by atoms with Gasteiger partial charge >= 0.3 is 0 Å². The van der Waals surface area contributed by atoms with Gasteiger partial charge in [-0.25, -0.2) is 15.0 Å². The van der Waals surface area contributed by atoms with Crippen molar-refractivity contribution in [2.24, 2.45) is 0 Å². The third-order valence-corrected chi connectivity index (χ3v) is 14.3. The fourth-order valence-corrected chi connectivity index (χ4v) is 10.9. The number of thiophene rings is 2. The van der Waals surface area contributed by atoms with Crippen molar-refractivity contribution >= 4 is 249 Å². The van der Waals surface area contributed by atoms with E-state index in [1.165, 1.54) is 22.7 Å². The maximum absolute atomic E-state index is 7.09. The highest BCUT2D eigenvalue weighted by Crippen LogP contribution is 2.37. The van der Waals surface area contributed by atoms with Gasteiger partial charge in [-0.2, -0.15) is 0 Å². The SMILES string of the molecule is [B]c1c([B])c([B])c2c(sc3c([B])c(-c4nc(-c5cccc(-c6ccc(-c7ccccc7)cc6)c5)nc(-c5c([B])c([B])c([B])c6c5sc5c([B])c([B])c([B])c([B])c56)n4)c([B])c([B])c32)c1[B]. The Morgan fingerprint density at radius 1 is 0.266 bits per heavy atom. The minimum atomic E-state index is 0.0590. The standard InChI is InChI=1S/C45H13B14N3S2/c46-25-21-22-28(49)34(55)36(57)38(59)42(22)64-40(21)31(52)23(29(25)50)44-60-43(18-8-4-7-17(13-18)16-11-9-15(10-12-16)14-5-2-1-3-6-14)61-45(62-44)24-30(51)32(53)26(47)19-20-27(48)33(54)35(56)37(58)41(20)63-39(19)24/h1-13H. The van der Waals surface area contributed by atoms with Crippen LogP contribution in [0.3, 0.4) is 0 Å². The summed E-state index contributed by atoms with van der Waals surface area (Å²) in [5.41, 5.74) is 7.24. The summed E-state index contributed by atoms with van der Waals surface area (Å²) >= 11 is 2.47. The van der Waals surface area contributed by atoms with Gasteiger partial charge in [0.2, 0.25) is 0 Å². The lowest BCUT2D eigenvalue weighted by atomic mass is 9.64. The fourth-order valence-electron chi connectivity index (χ4n) is 8.31. The Morgan fingerprint density at radius 3 is 1.19 bits per heavy atom. The largest absolute Gasteiger partial charge is 0.208 e. The molecule has 10 aromatic rings. The molecule has 0 saturated carbocycles. The molecule has 0 aliphatic carbocycles. The van der Waals surface area contributed by atoms with Gasteiger partial charge < -0.3 is 0 Å². The van der Waals surface area contributed by atoms with Crippen molar-refractivity contribution in [2.75, 3.05) is 0 Å². The molecule has 0 saturated heterocycles. The smallest absolute Gasteiger partial charge is 0.164 e. The molecule has 7 aromatic carbocycles. The molecule has 0 fully saturated rings. The minimum absolute atomic E-state index is 0.0590. The highest BCUT2D eigenvalue weighted by Gasteiger charge is 2.26. The minimum Gasteiger partial charge on any atom is -0.208 e. The summed E-state index contributed by atoms with van der Waals surface area (Å²) in [7, 11) is 92.7. The van der Waals surface area contributed by atoms with Crippen LogP contribution in [-0.4, -0.2) is 125 Å². The summed E-state index contributed by atoms with van der Waals surface area (Å²) in [4.78, 5) is 15.1. The second kappa shape index (κ2) is 15.8. The lowest BCUT2D eigenvalue weighted by Crippen LogP contribution is -2.47. The molecule has 28 radical (unpaired) electrons. The third kappa shape index (κ3) is 6.38. The average Bonchev–Trinajstić information content (AvgIpc) is 3.92. The first kappa shape index (κ1) is 42.8. The van der Waals surface area contributed by atoms with E-state index in [0.29, 0.717) is 51.5 Å². The number of rotatable bonds is 5. The Hall–Kier alpha value is -5.10. The Labute approximate surface area is 397 Å². The molecular formula is C45H13B14N3S2. The monoisotopic (exact) mass is 813 g/mol. The van der Waals surface area contributed by atoms with E-state index in [4.69, 9.17) is 125 Å². The third-order valence-electron chi connectivity index (χ3n) is 11.8. The molecule has 262 valence electrons. The molecule has 3 nitrogen and oxygen atoms in total. The van der Waals surface area contributed by atoms with E-state index in [-0.39, 0.29) is 99.5 Å². The van der Waals surface area contributed by atoms with Crippen molar-refractivity contribution in [3.63, 3.8) is 0 Å². The summed E-state index contributed by atoms with van der Waals surface area (Å²) in [5, 5.41) is 1.86. The molecule has 0 aliphatic heterocycles. The number of aromatic nitrogens is 3. The lowest BCUT2D eigenvalue weighted by molar-refractivity contribution is 1.08. The summed E-state index contributed by atoms with van der Waals surface area (Å²) < 4.78 is 2.08. The predicted octanol–water partition coefficient (Wildman–Crippen LogP) is -3.94. The molecule has 0 bridgehead atoms. The van der Waals surface area contributed by atoms with Gasteiger partial charge in [0.1, 0.15) is 110 Å². The van der Waals surface area contributed by atoms with Crippen LogP contribution in [0.25, 0.3) is 96.8 Å². The zero-order chi connectivity index (χ0) is 45.2. The van der Waals surface area contributed by atoms with Crippen LogP contribution >= 0.6 is 22.7 Å². The first-order valence-corrected chi connectivity index (χ1v) is 21.1. The van der Waals surface area contributed by atoms with Crippen molar-refractivity contribution in [2.45, 2.75) is 0 Å². The molecule has 0 aliphatic rings. The highest BCUT2D eigenvalue weighted by atomic mass is 32.1. The molecule has 19 heteroatoms. The number of hydrogen-bond donors (Lipinski definition) is 0. The average molecular weight is 811 g/mol. The summed E-state index contributed by atoms with van der Waals surface area (Å²) in [6.45, 7) is 0. The van der Waals surface area contributed by atoms with E-state index >= 15 is 0 Å². The summed E-state index contributed by atoms with van der Waals surface area (Å²) in [6, 6.07) is 26.2. The molecular weight excluding hydrogens is 798 g/mol. The predicted molar refractivity (Wildman–Crippen MR) is 288 cm³/mol. The maximum Gasteiger partial charge on any atom is 0.164 e. The van der Waals surface area contributed by atoms with Gasteiger partial charge in [0.25, 0.3) is 0 Å². The Kier molecular flexibility index (Phi) is 10.6. The number of benzene rings is 7. The van der Waals surface area contributed by atoms with Crippen molar-refractivity contribution in [3.05, 3.63) is 78.9 Å². The Morgan fingerprint density at radius 2 is 0.625 bits per heavy atom. The van der Waals surface area contributed by atoms with Crippen LogP contribution < -0.4 is 76.5 Å². The highest BCUT2D eigenvalue weighted by molar-refractivity contribution is 7.29. The first-order valence-electron chi connectivity index (χ1n) is 19.5. The van der Waals surface area contributed by atoms with Gasteiger partial charge in [0.05, 0.1) is 0 Å². The van der Waals surface area contributed by atoms with Crippen LogP contribution in [0.2, 0.25) is 0 Å². The van der Waals surface area contributed by atoms with Crippen molar-refractivity contribution in [1.82, 2.24) is 15.0 Å². The van der Waals surface area contributed by atoms with E-state index in [1.54, 1.807) is 0 Å². The molecule has 0 spiro atoms. The number of nitrogens with zero attached hydrogens (tertiary/aromatic N) is 3. The molecule has 0 atom stereocenters. The first-order chi connectivity index (χ1) is 30.6. The van der Waals surface area contributed by atoms with Crippen LogP contribution in [0.5, 0.6) is 0 Å². The summed E-state index contributed by atoms with van der Waals surface area (Å²) in [5.74, 6) is 0.400. The normalized spacial score (nSPS) is 11.7. The van der Waals surface area contributed by atoms with E-state index in [1.807, 2.05) is 42.5 Å². The second-order valence-corrected chi connectivity index (χ2v) is 17.4. The van der Waals surface area contributed by atoms with Crippen LogP contribution in [0, 0.1) is 0 Å². The zero-order valence-corrected chi connectivity index (χ0v) is 35.4. The van der Waals surface area contributed by atoms with Crippen molar-refractivity contribution in [1.29, 1.82) is 0 Å². The van der Waals surface area contributed by atoms with E-state index in [2.05, 4.69) is 36.4 Å². The van der Waals surface area contributed by atoms with Gasteiger partial charge in [-0.1, -0.05) is 122 Å². The molecule has 10 rings (SSSR count). The van der Waals surface area contributed by atoms with Crippen molar-refractivity contribution < 1.29 is 0 Å². The second-order valence-electron chi connectivity index (χ2n) is 15.4. The number of hydrogen-bond acceptors (Lipinski definition) is 5. The maximum atomic E-state index is 7.09. The topological polar surface area (TPSA) is 38.7 Å². The molecule has 3 heterocycles. The number of fused-ring (bicyclic) bond motifs is 6. The molecule has 0 amide bonds. The fraction of sp³-hybridized carbons (Fsp3) is 0. The van der Waals surface area contributed by atoms with Crippen LogP contribution in [0.4, 0.5) is 0 Å². The van der Waals surface area contributed by atoms with Gasteiger partial charge in [0.15, 0.2) is 17.5 Å². The van der Waals surface area contributed by atoms with Crippen molar-refractivity contribution in [3.8, 4) is 56.4 Å². The van der Waals surface area contributed by atoms with Gasteiger partial charge in [-0.05, 0) is 49.9 Å². The molecule has 64 heavy (non-hydrogen) atoms. The van der Waals surface area contributed by atoms with Crippen LogP contribution in [0.1, 0.15) is 0 Å². The van der Waals surface area contributed by atoms with Gasteiger partial charge in [0, 0.05) is 35.5 Å². The quantitative estimate of drug-likeness (QED) is 0.167. The van der Waals surface area contributed by atoms with E-state index in [0.717, 1.165) is 22.3 Å². The van der Waals surface area contributed by atoms with E-state index < -0.39 is 0 Å². The van der Waals surface area contributed by atoms with E-state index in [9.17, 15) is 0 Å². The zero-order valence-electron chi connectivity index (χ0n) is 33.7. The molecule has 0 N–H and O–H groups in total. The molecule has 3 aromatic heterocycles. The van der Waals surface area contributed by atoms with Crippen LogP contribution in [0.15, 0.2) is 78.9 Å². The Bertz CT molecular complexity index is 3670. The van der Waals surface area contributed by atoms with Gasteiger partial charge in [-0.3, -0.25) is 0 Å². The van der Waals surface area contributed by atoms with Crippen LogP contribution in [-0.2, 0) is 0 Å². The van der Waals surface area contributed by atoms with Gasteiger partial charge in [-0.15, -0.1) is 50.0 Å².